The van der Waals surface area contributed by atoms with Crippen molar-refractivity contribution >= 4 is 5.69 Å². The van der Waals surface area contributed by atoms with Gasteiger partial charge in [0.1, 0.15) is 0 Å². The molecule has 2 aromatic rings. The Morgan fingerprint density at radius 1 is 1.19 bits per heavy atom. The lowest BCUT2D eigenvalue weighted by atomic mass is 10.1. The molecule has 21 heavy (non-hydrogen) atoms. The molecule has 110 valence electrons. The van der Waals surface area contributed by atoms with Crippen LogP contribution in [0.4, 0.5) is 5.69 Å². The zero-order valence-corrected chi connectivity index (χ0v) is 11.6. The minimum atomic E-state index is -0.408. The van der Waals surface area contributed by atoms with E-state index in [1.165, 1.54) is 13.2 Å². The third-order valence-electron chi connectivity index (χ3n) is 3.02. The van der Waals surface area contributed by atoms with Gasteiger partial charge in [-0.2, -0.15) is 0 Å². The number of aromatic hydroxyl groups is 1. The van der Waals surface area contributed by atoms with E-state index in [9.17, 15) is 15.2 Å². The first-order valence-electron chi connectivity index (χ1n) is 6.40. The number of nitro benzene ring substituents is 1. The van der Waals surface area contributed by atoms with Gasteiger partial charge < -0.3 is 15.2 Å². The summed E-state index contributed by atoms with van der Waals surface area (Å²) in [5.74, 6) is 0.518. The van der Waals surface area contributed by atoms with Crippen molar-refractivity contribution in [1.82, 2.24) is 5.32 Å². The molecule has 2 rings (SSSR count). The van der Waals surface area contributed by atoms with Gasteiger partial charge in [-0.1, -0.05) is 18.2 Å². The number of phenolic OH excluding ortho intramolecular Hbond substituents is 1. The van der Waals surface area contributed by atoms with Crippen molar-refractivity contribution in [3.63, 3.8) is 0 Å². The average molecular weight is 288 g/mol. The van der Waals surface area contributed by atoms with Gasteiger partial charge in [-0.05, 0) is 23.3 Å². The second-order valence-electron chi connectivity index (χ2n) is 4.54. The van der Waals surface area contributed by atoms with Gasteiger partial charge in [-0.15, -0.1) is 0 Å². The van der Waals surface area contributed by atoms with E-state index in [0.29, 0.717) is 18.8 Å². The van der Waals surface area contributed by atoms with E-state index in [-0.39, 0.29) is 11.4 Å². The van der Waals surface area contributed by atoms with Gasteiger partial charge in [0.2, 0.25) is 0 Å². The molecule has 2 aromatic carbocycles. The fourth-order valence-corrected chi connectivity index (χ4v) is 1.96. The molecule has 0 saturated heterocycles. The first-order chi connectivity index (χ1) is 10.1. The van der Waals surface area contributed by atoms with Gasteiger partial charge in [-0.3, -0.25) is 10.1 Å². The number of ether oxygens (including phenoxy) is 1. The van der Waals surface area contributed by atoms with Gasteiger partial charge in [0.25, 0.3) is 5.69 Å². The van der Waals surface area contributed by atoms with Crippen molar-refractivity contribution in [2.45, 2.75) is 13.1 Å². The first-order valence-corrected chi connectivity index (χ1v) is 6.40. The minimum absolute atomic E-state index is 0.0839. The predicted octanol–water partition coefficient (Wildman–Crippen LogP) is 2.60. The van der Waals surface area contributed by atoms with Gasteiger partial charge >= 0.3 is 0 Å². The van der Waals surface area contributed by atoms with E-state index in [4.69, 9.17) is 4.74 Å². The van der Waals surface area contributed by atoms with Crippen molar-refractivity contribution in [2.24, 2.45) is 0 Å². The summed E-state index contributed by atoms with van der Waals surface area (Å²) >= 11 is 0. The molecule has 0 fully saturated rings. The smallest absolute Gasteiger partial charge is 0.269 e. The lowest BCUT2D eigenvalue weighted by Gasteiger charge is -2.08. The quantitative estimate of drug-likeness (QED) is 0.630. The Kier molecular flexibility index (Phi) is 4.73. The van der Waals surface area contributed by atoms with Crippen LogP contribution in [0.15, 0.2) is 42.5 Å². The number of benzene rings is 2. The maximum atomic E-state index is 10.7. The maximum Gasteiger partial charge on any atom is 0.269 e. The van der Waals surface area contributed by atoms with E-state index in [0.717, 1.165) is 11.1 Å². The fourth-order valence-electron chi connectivity index (χ4n) is 1.96. The number of phenols is 1. The average Bonchev–Trinajstić information content (AvgIpc) is 2.49. The molecule has 2 N–H and O–H groups in total. The molecule has 0 aromatic heterocycles. The van der Waals surface area contributed by atoms with Crippen molar-refractivity contribution in [1.29, 1.82) is 0 Å². The van der Waals surface area contributed by atoms with Crippen LogP contribution in [0.3, 0.4) is 0 Å². The fraction of sp³-hybridized carbons (Fsp3) is 0.200. The molecular formula is C15H16N2O4. The van der Waals surface area contributed by atoms with E-state index in [1.54, 1.807) is 30.3 Å². The summed E-state index contributed by atoms with van der Waals surface area (Å²) in [6.45, 7) is 1.09. The summed E-state index contributed by atoms with van der Waals surface area (Å²) in [5, 5.41) is 23.4. The number of nitrogens with one attached hydrogen (secondary N) is 1. The Bertz CT molecular complexity index is 643. The molecule has 0 aliphatic heterocycles. The minimum Gasteiger partial charge on any atom is -0.504 e. The lowest BCUT2D eigenvalue weighted by Crippen LogP contribution is -2.12. The molecular weight excluding hydrogens is 272 g/mol. The molecule has 0 spiro atoms. The third-order valence-corrected chi connectivity index (χ3v) is 3.02. The highest BCUT2D eigenvalue weighted by Gasteiger charge is 2.06. The molecule has 0 aliphatic carbocycles. The molecule has 0 bridgehead atoms. The van der Waals surface area contributed by atoms with Crippen LogP contribution < -0.4 is 10.1 Å². The second kappa shape index (κ2) is 6.71. The van der Waals surface area contributed by atoms with Crippen molar-refractivity contribution in [3.8, 4) is 11.5 Å². The van der Waals surface area contributed by atoms with Crippen LogP contribution in [0.25, 0.3) is 0 Å². The molecule has 0 saturated carbocycles. The molecule has 0 unspecified atom stereocenters. The van der Waals surface area contributed by atoms with Crippen LogP contribution in [0.1, 0.15) is 11.1 Å². The van der Waals surface area contributed by atoms with E-state index in [1.807, 2.05) is 6.07 Å². The zero-order valence-electron chi connectivity index (χ0n) is 11.6. The SMILES string of the molecule is COc1cc(CNCc2cccc([N+](=O)[O-])c2)ccc1O. The van der Waals surface area contributed by atoms with Gasteiger partial charge in [0, 0.05) is 25.2 Å². The highest BCUT2D eigenvalue weighted by molar-refractivity contribution is 5.41. The molecule has 0 radical (unpaired) electrons. The van der Waals surface area contributed by atoms with E-state index in [2.05, 4.69) is 5.32 Å². The highest BCUT2D eigenvalue weighted by Crippen LogP contribution is 2.26. The molecule has 0 atom stereocenters. The molecule has 0 aliphatic rings. The van der Waals surface area contributed by atoms with Crippen LogP contribution in [0.2, 0.25) is 0 Å². The number of nitrogens with zero attached hydrogens (tertiary/aromatic N) is 1. The summed E-state index contributed by atoms with van der Waals surface area (Å²) in [7, 11) is 1.50. The van der Waals surface area contributed by atoms with Crippen molar-refractivity contribution in [2.75, 3.05) is 7.11 Å². The Balaban J connectivity index is 1.95. The number of non-ortho nitro benzene ring substituents is 1. The van der Waals surface area contributed by atoms with Crippen LogP contribution in [-0.4, -0.2) is 17.1 Å². The van der Waals surface area contributed by atoms with Crippen LogP contribution >= 0.6 is 0 Å². The monoisotopic (exact) mass is 288 g/mol. The summed E-state index contributed by atoms with van der Waals surface area (Å²) in [5.41, 5.74) is 1.88. The van der Waals surface area contributed by atoms with Crippen molar-refractivity contribution in [3.05, 3.63) is 63.7 Å². The molecule has 0 heterocycles. The van der Waals surface area contributed by atoms with Gasteiger partial charge in [0.15, 0.2) is 11.5 Å². The Labute approximate surface area is 122 Å². The predicted molar refractivity (Wildman–Crippen MR) is 78.3 cm³/mol. The Morgan fingerprint density at radius 3 is 2.57 bits per heavy atom. The van der Waals surface area contributed by atoms with Crippen LogP contribution in [0, 0.1) is 10.1 Å². The zero-order chi connectivity index (χ0) is 15.2. The highest BCUT2D eigenvalue weighted by atomic mass is 16.6. The van der Waals surface area contributed by atoms with E-state index < -0.39 is 4.92 Å². The Hall–Kier alpha value is -2.60. The van der Waals surface area contributed by atoms with Gasteiger partial charge in [0.05, 0.1) is 12.0 Å². The topological polar surface area (TPSA) is 84.6 Å². The van der Waals surface area contributed by atoms with Gasteiger partial charge in [-0.25, -0.2) is 0 Å². The van der Waals surface area contributed by atoms with Crippen molar-refractivity contribution < 1.29 is 14.8 Å². The number of rotatable bonds is 6. The summed E-state index contributed by atoms with van der Waals surface area (Å²) in [6.07, 6.45) is 0. The summed E-state index contributed by atoms with van der Waals surface area (Å²) < 4.78 is 5.04. The van der Waals surface area contributed by atoms with Crippen LogP contribution in [0.5, 0.6) is 11.5 Å². The number of nitro groups is 1. The normalized spacial score (nSPS) is 10.3. The summed E-state index contributed by atoms with van der Waals surface area (Å²) in [4.78, 5) is 10.3. The van der Waals surface area contributed by atoms with E-state index >= 15 is 0 Å². The number of hydrogen-bond donors (Lipinski definition) is 2. The third kappa shape index (κ3) is 3.93. The second-order valence-corrected chi connectivity index (χ2v) is 4.54. The van der Waals surface area contributed by atoms with Crippen LogP contribution in [-0.2, 0) is 13.1 Å². The first kappa shape index (κ1) is 14.8. The molecule has 0 amide bonds. The molecule has 6 nitrogen and oxygen atoms in total. The number of methoxy groups -OCH3 is 1. The molecule has 6 heteroatoms. The maximum absolute atomic E-state index is 10.7. The lowest BCUT2D eigenvalue weighted by molar-refractivity contribution is -0.384. The summed E-state index contributed by atoms with van der Waals surface area (Å²) in [6, 6.07) is 11.6. The number of hydrogen-bond acceptors (Lipinski definition) is 5. The largest absolute Gasteiger partial charge is 0.504 e. The Morgan fingerprint density at radius 2 is 1.90 bits per heavy atom. The standard InChI is InChI=1S/C15H16N2O4/c1-21-15-8-12(5-6-14(15)18)10-16-9-11-3-2-4-13(7-11)17(19)20/h2-8,16,18H,9-10H2,1H3.